The van der Waals surface area contributed by atoms with Gasteiger partial charge in [0.05, 0.1) is 10.9 Å². The van der Waals surface area contributed by atoms with Crippen molar-refractivity contribution in [3.8, 4) is 0 Å². The van der Waals surface area contributed by atoms with E-state index < -0.39 is 11.2 Å². The number of H-pyrrole nitrogens is 1. The molecule has 0 saturated carbocycles. The van der Waals surface area contributed by atoms with E-state index in [2.05, 4.69) is 10.3 Å². The molecule has 3 rings (SSSR count). The molecule has 2 aromatic rings. The van der Waals surface area contributed by atoms with E-state index in [1.807, 2.05) is 7.05 Å². The summed E-state index contributed by atoms with van der Waals surface area (Å²) < 4.78 is 0.990. The molecule has 1 saturated heterocycles. The third kappa shape index (κ3) is 3.26. The highest BCUT2D eigenvalue weighted by Gasteiger charge is 2.23. The predicted molar refractivity (Wildman–Crippen MR) is 92.1 cm³/mol. The Labute approximate surface area is 139 Å². The highest BCUT2D eigenvalue weighted by molar-refractivity contribution is 5.79. The van der Waals surface area contributed by atoms with Crippen LogP contribution in [-0.4, -0.2) is 47.0 Å². The Balaban J connectivity index is 1.77. The van der Waals surface area contributed by atoms with E-state index in [9.17, 15) is 14.4 Å². The number of hydrogen-bond donors (Lipinski definition) is 2. The quantitative estimate of drug-likeness (QED) is 0.835. The van der Waals surface area contributed by atoms with Crippen molar-refractivity contribution in [3.63, 3.8) is 0 Å². The van der Waals surface area contributed by atoms with Crippen molar-refractivity contribution >= 4 is 16.8 Å². The lowest BCUT2D eigenvalue weighted by Gasteiger charge is -2.32. The maximum Gasteiger partial charge on any atom is 0.329 e. The second-order valence-electron chi connectivity index (χ2n) is 6.25. The summed E-state index contributed by atoms with van der Waals surface area (Å²) in [5, 5.41) is 3.57. The second kappa shape index (κ2) is 7.00. The van der Waals surface area contributed by atoms with Crippen LogP contribution < -0.4 is 16.6 Å². The van der Waals surface area contributed by atoms with Crippen molar-refractivity contribution in [1.29, 1.82) is 0 Å². The maximum absolute atomic E-state index is 12.5. The van der Waals surface area contributed by atoms with Gasteiger partial charge in [-0.05, 0) is 44.5 Å². The van der Waals surface area contributed by atoms with Gasteiger partial charge < -0.3 is 15.2 Å². The van der Waals surface area contributed by atoms with Gasteiger partial charge in [0.1, 0.15) is 6.54 Å². The van der Waals surface area contributed by atoms with Crippen LogP contribution >= 0.6 is 0 Å². The molecule has 24 heavy (non-hydrogen) atoms. The molecule has 7 heteroatoms. The fraction of sp³-hybridized carbons (Fsp3) is 0.471. The Morgan fingerprint density at radius 3 is 2.67 bits per heavy atom. The molecule has 7 nitrogen and oxygen atoms in total. The average molecular weight is 330 g/mol. The van der Waals surface area contributed by atoms with Crippen molar-refractivity contribution in [1.82, 2.24) is 19.8 Å². The van der Waals surface area contributed by atoms with Crippen molar-refractivity contribution in [2.75, 3.05) is 26.7 Å². The normalized spacial score (nSPS) is 15.8. The molecular formula is C17H22N4O3. The lowest BCUT2D eigenvalue weighted by Crippen LogP contribution is -2.45. The molecule has 0 atom stereocenters. The van der Waals surface area contributed by atoms with Crippen LogP contribution in [0.4, 0.5) is 0 Å². The summed E-state index contributed by atoms with van der Waals surface area (Å²) in [7, 11) is 1.93. The molecule has 1 aromatic heterocycles. The van der Waals surface area contributed by atoms with Crippen molar-refractivity contribution < 1.29 is 4.79 Å². The van der Waals surface area contributed by atoms with E-state index in [4.69, 9.17) is 0 Å². The Bertz CT molecular complexity index is 847. The van der Waals surface area contributed by atoms with Gasteiger partial charge in [-0.25, -0.2) is 4.79 Å². The van der Waals surface area contributed by atoms with Crippen molar-refractivity contribution in [2.45, 2.75) is 19.4 Å². The fourth-order valence-corrected chi connectivity index (χ4v) is 3.25. The summed E-state index contributed by atoms with van der Waals surface area (Å²) >= 11 is 0. The molecule has 0 unspecified atom stereocenters. The Morgan fingerprint density at radius 2 is 1.96 bits per heavy atom. The van der Waals surface area contributed by atoms with Gasteiger partial charge in [0, 0.05) is 13.1 Å². The van der Waals surface area contributed by atoms with E-state index in [-0.39, 0.29) is 12.5 Å². The number of carbonyl (C=O) groups is 1. The van der Waals surface area contributed by atoms with E-state index >= 15 is 0 Å². The number of nitrogens with zero attached hydrogens (tertiary/aromatic N) is 2. The minimum atomic E-state index is -0.544. The van der Waals surface area contributed by atoms with Crippen LogP contribution in [0, 0.1) is 5.92 Å². The summed E-state index contributed by atoms with van der Waals surface area (Å²) in [5.74, 6) is 0.395. The minimum absolute atomic E-state index is 0.180. The molecule has 2 heterocycles. The predicted octanol–water partition coefficient (Wildman–Crippen LogP) is 0.148. The van der Waals surface area contributed by atoms with Crippen LogP contribution in [-0.2, 0) is 11.3 Å². The monoisotopic (exact) mass is 330 g/mol. The summed E-state index contributed by atoms with van der Waals surface area (Å²) in [6.45, 7) is 2.08. The summed E-state index contributed by atoms with van der Waals surface area (Å²) in [6.07, 6.45) is 1.88. The topological polar surface area (TPSA) is 87.2 Å². The number of piperidine rings is 1. The minimum Gasteiger partial charge on any atom is -0.341 e. The third-order valence-electron chi connectivity index (χ3n) is 4.64. The van der Waals surface area contributed by atoms with Crippen LogP contribution in [0.3, 0.4) is 0 Å². The Hall–Kier alpha value is -2.41. The van der Waals surface area contributed by atoms with Crippen LogP contribution in [0.5, 0.6) is 0 Å². The molecule has 0 spiro atoms. The number of carbonyl (C=O) groups excluding carboxylic acids is 1. The van der Waals surface area contributed by atoms with Gasteiger partial charge in [-0.15, -0.1) is 0 Å². The number of benzene rings is 1. The molecule has 1 aliphatic rings. The van der Waals surface area contributed by atoms with E-state index in [0.29, 0.717) is 29.9 Å². The molecule has 1 aromatic carbocycles. The molecule has 1 aliphatic heterocycles. The number of amides is 1. The average Bonchev–Trinajstić information content (AvgIpc) is 2.59. The molecule has 0 bridgehead atoms. The van der Waals surface area contributed by atoms with Crippen molar-refractivity contribution in [2.24, 2.45) is 5.92 Å². The first-order valence-corrected chi connectivity index (χ1v) is 8.24. The summed E-state index contributed by atoms with van der Waals surface area (Å²) in [4.78, 5) is 41.5. The molecule has 1 amide bonds. The highest BCUT2D eigenvalue weighted by atomic mass is 16.2. The van der Waals surface area contributed by atoms with Gasteiger partial charge >= 0.3 is 5.69 Å². The number of rotatable bonds is 4. The SMILES string of the molecule is CNCC1CCN(C(=O)Cn2c(=O)[nH]c3ccccc3c2=O)CC1. The van der Waals surface area contributed by atoms with E-state index in [0.717, 1.165) is 24.0 Å². The smallest absolute Gasteiger partial charge is 0.329 e. The van der Waals surface area contributed by atoms with Gasteiger partial charge in [-0.2, -0.15) is 0 Å². The van der Waals surface area contributed by atoms with Crippen LogP contribution in [0.25, 0.3) is 10.9 Å². The number of likely N-dealkylation sites (tertiary alicyclic amines) is 1. The Morgan fingerprint density at radius 1 is 1.25 bits per heavy atom. The van der Waals surface area contributed by atoms with Crippen molar-refractivity contribution in [3.05, 3.63) is 45.1 Å². The number of para-hydroxylation sites is 1. The standard InChI is InChI=1S/C17H22N4O3/c1-18-10-12-6-8-20(9-7-12)15(22)11-21-16(23)13-4-2-3-5-14(13)19-17(21)24/h2-5,12,18H,6-11H2,1H3,(H,19,24). The van der Waals surface area contributed by atoms with Gasteiger partial charge in [0.15, 0.2) is 0 Å². The molecule has 128 valence electrons. The zero-order chi connectivity index (χ0) is 17.1. The lowest BCUT2D eigenvalue weighted by atomic mass is 9.97. The fourth-order valence-electron chi connectivity index (χ4n) is 3.25. The molecule has 0 radical (unpaired) electrons. The van der Waals surface area contributed by atoms with Gasteiger partial charge in [-0.3, -0.25) is 14.2 Å². The van der Waals surface area contributed by atoms with E-state index in [1.165, 1.54) is 0 Å². The molecule has 0 aliphatic carbocycles. The molecule has 1 fully saturated rings. The van der Waals surface area contributed by atoms with Gasteiger partial charge in [-0.1, -0.05) is 12.1 Å². The Kier molecular flexibility index (Phi) is 4.80. The molecule has 2 N–H and O–H groups in total. The number of hydrogen-bond acceptors (Lipinski definition) is 4. The number of nitrogens with one attached hydrogen (secondary N) is 2. The van der Waals surface area contributed by atoms with Gasteiger partial charge in [0.25, 0.3) is 5.56 Å². The maximum atomic E-state index is 12.5. The summed E-state index contributed by atoms with van der Waals surface area (Å²) in [5.41, 5.74) is -0.478. The zero-order valence-corrected chi connectivity index (χ0v) is 13.7. The van der Waals surface area contributed by atoms with Gasteiger partial charge in [0.2, 0.25) is 5.91 Å². The lowest BCUT2D eigenvalue weighted by molar-refractivity contribution is -0.133. The van der Waals surface area contributed by atoms with Crippen LogP contribution in [0.15, 0.2) is 33.9 Å². The van der Waals surface area contributed by atoms with E-state index in [1.54, 1.807) is 29.2 Å². The van der Waals surface area contributed by atoms with Crippen LogP contribution in [0.1, 0.15) is 12.8 Å². The first kappa shape index (κ1) is 16.4. The largest absolute Gasteiger partial charge is 0.341 e. The first-order valence-electron chi connectivity index (χ1n) is 8.24. The highest BCUT2D eigenvalue weighted by Crippen LogP contribution is 2.16. The zero-order valence-electron chi connectivity index (χ0n) is 13.7. The third-order valence-corrected chi connectivity index (χ3v) is 4.64. The number of aromatic amines is 1. The number of aromatic nitrogens is 2. The second-order valence-corrected chi connectivity index (χ2v) is 6.25. The number of fused-ring (bicyclic) bond motifs is 1. The summed E-state index contributed by atoms with van der Waals surface area (Å²) in [6, 6.07) is 6.82. The van der Waals surface area contributed by atoms with Crippen LogP contribution in [0.2, 0.25) is 0 Å². The molecular weight excluding hydrogens is 308 g/mol. The first-order chi connectivity index (χ1) is 11.6.